The first-order chi connectivity index (χ1) is 13.2. The van der Waals surface area contributed by atoms with Crippen molar-refractivity contribution in [3.8, 4) is 0 Å². The van der Waals surface area contributed by atoms with Gasteiger partial charge in [-0.15, -0.1) is 11.3 Å². The average molecular weight is 396 g/mol. The second-order valence-electron chi connectivity index (χ2n) is 5.81. The third-order valence-corrected chi connectivity index (χ3v) is 6.18. The first-order valence-electron chi connectivity index (χ1n) is 8.47. The average Bonchev–Trinajstić information content (AvgIpc) is 3.24. The van der Waals surface area contributed by atoms with Crippen LogP contribution in [-0.4, -0.2) is 23.1 Å². The number of para-hydroxylation sites is 1. The molecule has 0 aliphatic carbocycles. The van der Waals surface area contributed by atoms with Crippen LogP contribution >= 0.6 is 22.7 Å². The molecule has 2 aromatic heterocycles. The van der Waals surface area contributed by atoms with Crippen molar-refractivity contribution in [2.24, 2.45) is 4.99 Å². The van der Waals surface area contributed by atoms with Crippen LogP contribution in [-0.2, 0) is 16.1 Å². The zero-order valence-electron chi connectivity index (χ0n) is 14.5. The van der Waals surface area contributed by atoms with Gasteiger partial charge < -0.3 is 9.30 Å². The molecule has 1 amide bonds. The summed E-state index contributed by atoms with van der Waals surface area (Å²) in [5.41, 5.74) is 0.860. The number of thiophene rings is 1. The van der Waals surface area contributed by atoms with E-state index in [1.165, 1.54) is 22.7 Å². The number of carbonyl (C=O) groups excluding carboxylic acids is 2. The van der Waals surface area contributed by atoms with Crippen molar-refractivity contribution in [2.75, 3.05) is 6.61 Å². The number of nitrogens with zero attached hydrogens (tertiary/aromatic N) is 2. The molecule has 0 radical (unpaired) electrons. The fraction of sp³-hybridized carbons (Fsp3) is 0.150. The van der Waals surface area contributed by atoms with E-state index in [0.717, 1.165) is 20.3 Å². The minimum atomic E-state index is -0.350. The molecule has 4 aromatic rings. The van der Waals surface area contributed by atoms with Gasteiger partial charge in [0.05, 0.1) is 21.7 Å². The molecule has 0 spiro atoms. The molecule has 0 bridgehead atoms. The molecule has 0 atom stereocenters. The van der Waals surface area contributed by atoms with Crippen molar-refractivity contribution in [2.45, 2.75) is 13.5 Å². The highest BCUT2D eigenvalue weighted by atomic mass is 32.1. The van der Waals surface area contributed by atoms with E-state index in [-0.39, 0.29) is 18.4 Å². The summed E-state index contributed by atoms with van der Waals surface area (Å²) in [5, 5.41) is 1.02. The summed E-state index contributed by atoms with van der Waals surface area (Å²) in [6.07, 6.45) is 0. The van der Waals surface area contributed by atoms with Crippen LogP contribution in [0.2, 0.25) is 0 Å². The SMILES string of the molecule is CCOC(=O)Cn1/c(=N\C(=O)c2cc3ccccc3s2)sc2ccccc21. The Balaban J connectivity index is 1.79. The molecular formula is C20H16N2O3S2. The van der Waals surface area contributed by atoms with E-state index in [4.69, 9.17) is 4.74 Å². The Morgan fingerprint density at radius 1 is 1.04 bits per heavy atom. The highest BCUT2D eigenvalue weighted by molar-refractivity contribution is 7.20. The highest BCUT2D eigenvalue weighted by Gasteiger charge is 2.14. The van der Waals surface area contributed by atoms with Crippen LogP contribution in [0.25, 0.3) is 20.3 Å². The van der Waals surface area contributed by atoms with Gasteiger partial charge in [-0.2, -0.15) is 4.99 Å². The fourth-order valence-electron chi connectivity index (χ4n) is 2.82. The van der Waals surface area contributed by atoms with Gasteiger partial charge in [-0.25, -0.2) is 0 Å². The predicted molar refractivity (Wildman–Crippen MR) is 108 cm³/mol. The summed E-state index contributed by atoms with van der Waals surface area (Å²) >= 11 is 2.81. The molecule has 2 heterocycles. The van der Waals surface area contributed by atoms with Crippen molar-refractivity contribution >= 4 is 54.9 Å². The molecule has 0 aliphatic heterocycles. The number of fused-ring (bicyclic) bond motifs is 2. The number of amides is 1. The molecule has 0 unspecified atom stereocenters. The highest BCUT2D eigenvalue weighted by Crippen LogP contribution is 2.26. The molecule has 0 N–H and O–H groups in total. The maximum Gasteiger partial charge on any atom is 0.326 e. The summed E-state index contributed by atoms with van der Waals surface area (Å²) in [6, 6.07) is 17.4. The Morgan fingerprint density at radius 2 is 1.78 bits per heavy atom. The van der Waals surface area contributed by atoms with E-state index in [1.54, 1.807) is 11.5 Å². The van der Waals surface area contributed by atoms with Gasteiger partial charge >= 0.3 is 5.97 Å². The Hall–Kier alpha value is -2.77. The maximum atomic E-state index is 12.7. The Kier molecular flexibility index (Phi) is 4.87. The summed E-state index contributed by atoms with van der Waals surface area (Å²) in [6.45, 7) is 2.11. The van der Waals surface area contributed by atoms with Crippen LogP contribution in [0.5, 0.6) is 0 Å². The lowest BCUT2D eigenvalue weighted by Crippen LogP contribution is -2.23. The van der Waals surface area contributed by atoms with E-state index in [2.05, 4.69) is 4.99 Å². The number of ether oxygens (including phenoxy) is 1. The van der Waals surface area contributed by atoms with Crippen molar-refractivity contribution in [3.05, 3.63) is 64.3 Å². The number of carbonyl (C=O) groups is 2. The van der Waals surface area contributed by atoms with E-state index < -0.39 is 0 Å². The molecule has 2 aromatic carbocycles. The van der Waals surface area contributed by atoms with Gasteiger partial charge in [0.25, 0.3) is 5.91 Å². The normalized spacial score (nSPS) is 12.0. The lowest BCUT2D eigenvalue weighted by molar-refractivity contribution is -0.143. The summed E-state index contributed by atoms with van der Waals surface area (Å²) in [7, 11) is 0. The lowest BCUT2D eigenvalue weighted by atomic mass is 10.2. The zero-order chi connectivity index (χ0) is 18.8. The van der Waals surface area contributed by atoms with Crippen LogP contribution < -0.4 is 4.80 Å². The molecule has 136 valence electrons. The molecule has 7 heteroatoms. The van der Waals surface area contributed by atoms with Crippen molar-refractivity contribution in [1.29, 1.82) is 0 Å². The van der Waals surface area contributed by atoms with Crippen LogP contribution in [0.15, 0.2) is 59.6 Å². The van der Waals surface area contributed by atoms with Crippen LogP contribution in [0.1, 0.15) is 16.6 Å². The Morgan fingerprint density at radius 3 is 2.56 bits per heavy atom. The van der Waals surface area contributed by atoms with E-state index >= 15 is 0 Å². The van der Waals surface area contributed by atoms with Gasteiger partial charge in [-0.05, 0) is 36.6 Å². The summed E-state index contributed by atoms with van der Waals surface area (Å²) < 4.78 is 8.82. The largest absolute Gasteiger partial charge is 0.465 e. The molecule has 27 heavy (non-hydrogen) atoms. The molecule has 5 nitrogen and oxygen atoms in total. The minimum absolute atomic E-state index is 0.0242. The van der Waals surface area contributed by atoms with Gasteiger partial charge in [0, 0.05) is 4.70 Å². The number of hydrogen-bond donors (Lipinski definition) is 0. The number of aromatic nitrogens is 1. The van der Waals surface area contributed by atoms with Crippen LogP contribution in [0.3, 0.4) is 0 Å². The first-order valence-corrected chi connectivity index (χ1v) is 10.1. The fourth-order valence-corrected chi connectivity index (χ4v) is 4.80. The third-order valence-electron chi connectivity index (χ3n) is 4.01. The molecular weight excluding hydrogens is 380 g/mol. The van der Waals surface area contributed by atoms with E-state index in [9.17, 15) is 9.59 Å². The van der Waals surface area contributed by atoms with Gasteiger partial charge in [0.1, 0.15) is 6.54 Å². The number of rotatable bonds is 4. The second-order valence-corrected chi connectivity index (χ2v) is 7.90. The standard InChI is InChI=1S/C20H16N2O3S2/c1-2-25-18(23)12-22-14-8-4-6-10-16(14)27-20(22)21-19(24)17-11-13-7-3-5-9-15(13)26-17/h3-11H,2,12H2,1H3/b21-20+. The zero-order valence-corrected chi connectivity index (χ0v) is 16.2. The molecule has 4 rings (SSSR count). The van der Waals surface area contributed by atoms with Crippen molar-refractivity contribution in [3.63, 3.8) is 0 Å². The van der Waals surface area contributed by atoms with Crippen LogP contribution in [0, 0.1) is 0 Å². The molecule has 0 fully saturated rings. The molecule has 0 aliphatic rings. The van der Waals surface area contributed by atoms with Gasteiger partial charge in [-0.3, -0.25) is 9.59 Å². The summed E-state index contributed by atoms with van der Waals surface area (Å²) in [4.78, 5) is 30.2. The lowest BCUT2D eigenvalue weighted by Gasteiger charge is -2.04. The minimum Gasteiger partial charge on any atom is -0.465 e. The summed E-state index contributed by atoms with van der Waals surface area (Å²) in [5.74, 6) is -0.655. The molecule has 0 saturated heterocycles. The topological polar surface area (TPSA) is 60.7 Å². The van der Waals surface area contributed by atoms with E-state index in [1.807, 2.05) is 54.6 Å². The number of benzene rings is 2. The smallest absolute Gasteiger partial charge is 0.326 e. The van der Waals surface area contributed by atoms with Crippen molar-refractivity contribution in [1.82, 2.24) is 4.57 Å². The molecule has 0 saturated carbocycles. The second kappa shape index (κ2) is 7.46. The van der Waals surface area contributed by atoms with Crippen LogP contribution in [0.4, 0.5) is 0 Å². The quantitative estimate of drug-likeness (QED) is 0.485. The van der Waals surface area contributed by atoms with Gasteiger partial charge in [-0.1, -0.05) is 41.7 Å². The van der Waals surface area contributed by atoms with E-state index in [0.29, 0.717) is 16.3 Å². The number of thiazole rings is 1. The predicted octanol–water partition coefficient (Wildman–Crippen LogP) is 4.22. The maximum absolute atomic E-state index is 12.7. The van der Waals surface area contributed by atoms with Crippen molar-refractivity contribution < 1.29 is 14.3 Å². The number of hydrogen-bond acceptors (Lipinski definition) is 5. The third kappa shape index (κ3) is 3.56. The Bertz CT molecular complexity index is 1180. The van der Waals surface area contributed by atoms with Gasteiger partial charge in [0.15, 0.2) is 4.80 Å². The Labute approximate surface area is 163 Å². The first kappa shape index (κ1) is 17.6. The number of esters is 1. The van der Waals surface area contributed by atoms with Gasteiger partial charge in [0.2, 0.25) is 0 Å². The monoisotopic (exact) mass is 396 g/mol.